The molecule has 0 radical (unpaired) electrons. The largest absolute Gasteiger partial charge is 0.383 e. The molecule has 20 heavy (non-hydrogen) atoms. The van der Waals surface area contributed by atoms with E-state index in [-0.39, 0.29) is 11.6 Å². The summed E-state index contributed by atoms with van der Waals surface area (Å²) in [6.07, 6.45) is 0. The van der Waals surface area contributed by atoms with Gasteiger partial charge in [0.2, 0.25) is 0 Å². The fourth-order valence-electron chi connectivity index (χ4n) is 3.33. The van der Waals surface area contributed by atoms with Gasteiger partial charge in [0.15, 0.2) is 0 Å². The zero-order valence-corrected chi connectivity index (χ0v) is 13.8. The zero-order chi connectivity index (χ0) is 15.3. The van der Waals surface area contributed by atoms with Gasteiger partial charge in [-0.3, -0.25) is 0 Å². The first-order chi connectivity index (χ1) is 9.41. The van der Waals surface area contributed by atoms with Gasteiger partial charge in [0.25, 0.3) is 0 Å². The molecule has 5 nitrogen and oxygen atoms in total. The number of rotatable bonds is 8. The maximum absolute atomic E-state index is 12.7. The molecule has 5 heteroatoms. The lowest BCUT2D eigenvalue weighted by molar-refractivity contribution is 0.0491. The molecule has 0 aromatic heterocycles. The van der Waals surface area contributed by atoms with Crippen molar-refractivity contribution < 1.29 is 14.3 Å². The quantitative estimate of drug-likeness (QED) is 0.686. The second-order valence-corrected chi connectivity index (χ2v) is 6.14. The van der Waals surface area contributed by atoms with E-state index in [4.69, 9.17) is 9.47 Å². The van der Waals surface area contributed by atoms with Crippen molar-refractivity contribution in [1.82, 2.24) is 9.80 Å². The van der Waals surface area contributed by atoms with E-state index in [1.807, 2.05) is 9.80 Å². The topological polar surface area (TPSA) is 42.0 Å². The maximum atomic E-state index is 12.7. The Labute approximate surface area is 123 Å². The van der Waals surface area contributed by atoms with Crippen molar-refractivity contribution in [1.29, 1.82) is 0 Å². The van der Waals surface area contributed by atoms with Gasteiger partial charge >= 0.3 is 6.03 Å². The van der Waals surface area contributed by atoms with Gasteiger partial charge in [-0.2, -0.15) is 0 Å². The number of urea groups is 1. The Morgan fingerprint density at radius 1 is 1.05 bits per heavy atom. The molecule has 1 fully saturated rings. The van der Waals surface area contributed by atoms with Gasteiger partial charge < -0.3 is 19.3 Å². The van der Waals surface area contributed by atoms with Gasteiger partial charge in [-0.25, -0.2) is 4.79 Å². The number of methoxy groups -OCH3 is 2. The number of carbonyl (C=O) groups excluding carboxylic acids is 1. The summed E-state index contributed by atoms with van der Waals surface area (Å²) in [4.78, 5) is 16.6. The highest BCUT2D eigenvalue weighted by molar-refractivity contribution is 5.78. The highest BCUT2D eigenvalue weighted by atomic mass is 16.5. The molecule has 0 spiro atoms. The number of ether oxygens (including phenoxy) is 2. The second kappa shape index (κ2) is 7.27. The predicted molar refractivity (Wildman–Crippen MR) is 79.8 cm³/mol. The third kappa shape index (κ3) is 3.09. The Kier molecular flexibility index (Phi) is 6.27. The second-order valence-electron chi connectivity index (χ2n) is 6.14. The molecule has 0 aromatic carbocycles. The SMILES string of the molecule is COCCN1CC(C(C)C)(C(C)C)N(CCOC)C1=O. The van der Waals surface area contributed by atoms with Crippen LogP contribution in [0.15, 0.2) is 0 Å². The lowest BCUT2D eigenvalue weighted by Crippen LogP contribution is -2.56. The molecule has 0 N–H and O–H groups in total. The minimum absolute atomic E-state index is 0.113. The molecule has 0 saturated carbocycles. The summed E-state index contributed by atoms with van der Waals surface area (Å²) in [5.74, 6) is 0.798. The predicted octanol–water partition coefficient (Wildman–Crippen LogP) is 2.07. The third-order valence-electron chi connectivity index (χ3n) is 4.53. The van der Waals surface area contributed by atoms with Gasteiger partial charge in [0.1, 0.15) is 0 Å². The van der Waals surface area contributed by atoms with Crippen LogP contribution in [0.3, 0.4) is 0 Å². The molecule has 0 bridgehead atoms. The van der Waals surface area contributed by atoms with Crippen LogP contribution in [0.4, 0.5) is 4.79 Å². The van der Waals surface area contributed by atoms with Crippen molar-refractivity contribution in [3.63, 3.8) is 0 Å². The van der Waals surface area contributed by atoms with Gasteiger partial charge in [-0.05, 0) is 11.8 Å². The fourth-order valence-corrected chi connectivity index (χ4v) is 3.33. The van der Waals surface area contributed by atoms with Crippen LogP contribution in [-0.4, -0.2) is 68.4 Å². The summed E-state index contributed by atoms with van der Waals surface area (Å²) in [6.45, 7) is 12.0. The lowest BCUT2D eigenvalue weighted by atomic mass is 9.76. The number of amides is 2. The van der Waals surface area contributed by atoms with E-state index in [0.29, 0.717) is 38.1 Å². The molecular weight excluding hydrogens is 256 g/mol. The van der Waals surface area contributed by atoms with Crippen molar-refractivity contribution in [2.24, 2.45) is 11.8 Å². The average molecular weight is 286 g/mol. The number of hydrogen-bond donors (Lipinski definition) is 0. The van der Waals surface area contributed by atoms with Crippen LogP contribution in [0.5, 0.6) is 0 Å². The number of nitrogens with zero attached hydrogens (tertiary/aromatic N) is 2. The van der Waals surface area contributed by atoms with Crippen LogP contribution in [0.2, 0.25) is 0 Å². The van der Waals surface area contributed by atoms with E-state index < -0.39 is 0 Å². The smallest absolute Gasteiger partial charge is 0.320 e. The highest BCUT2D eigenvalue weighted by Crippen LogP contribution is 2.39. The molecule has 0 aromatic rings. The molecule has 0 atom stereocenters. The standard InChI is InChI=1S/C15H30N2O3/c1-12(2)15(13(3)4)11-16(7-9-19-5)14(18)17(15)8-10-20-6/h12-13H,7-11H2,1-6H3. The molecule has 1 aliphatic heterocycles. The van der Waals surface area contributed by atoms with Gasteiger partial charge in [-0.1, -0.05) is 27.7 Å². The summed E-state index contributed by atoms with van der Waals surface area (Å²) in [7, 11) is 3.34. The fraction of sp³-hybridized carbons (Fsp3) is 0.933. The Bertz CT molecular complexity index is 310. The minimum atomic E-state index is -0.122. The summed E-state index contributed by atoms with van der Waals surface area (Å²) in [5, 5.41) is 0. The molecule has 118 valence electrons. The van der Waals surface area contributed by atoms with Crippen LogP contribution >= 0.6 is 0 Å². The average Bonchev–Trinajstić information content (AvgIpc) is 2.68. The molecule has 2 amide bonds. The summed E-state index contributed by atoms with van der Waals surface area (Å²) in [5.41, 5.74) is -0.122. The number of hydrogen-bond acceptors (Lipinski definition) is 3. The van der Waals surface area contributed by atoms with Crippen molar-refractivity contribution in [3.05, 3.63) is 0 Å². The van der Waals surface area contributed by atoms with Crippen molar-refractivity contribution in [2.45, 2.75) is 33.2 Å². The molecule has 0 unspecified atom stereocenters. The minimum Gasteiger partial charge on any atom is -0.383 e. The first-order valence-corrected chi connectivity index (χ1v) is 7.46. The Balaban J connectivity index is 3.01. The molecule has 1 aliphatic rings. The van der Waals surface area contributed by atoms with Gasteiger partial charge in [-0.15, -0.1) is 0 Å². The summed E-state index contributed by atoms with van der Waals surface area (Å²) >= 11 is 0. The van der Waals surface area contributed by atoms with Crippen molar-refractivity contribution >= 4 is 6.03 Å². The molecule has 1 heterocycles. The lowest BCUT2D eigenvalue weighted by Gasteiger charge is -2.44. The first-order valence-electron chi connectivity index (χ1n) is 7.46. The highest BCUT2D eigenvalue weighted by Gasteiger charge is 2.52. The first kappa shape index (κ1) is 17.2. The summed E-state index contributed by atoms with van der Waals surface area (Å²) < 4.78 is 10.3. The van der Waals surface area contributed by atoms with E-state index in [0.717, 1.165) is 6.54 Å². The van der Waals surface area contributed by atoms with E-state index in [1.165, 1.54) is 0 Å². The Morgan fingerprint density at radius 3 is 2.00 bits per heavy atom. The van der Waals surface area contributed by atoms with Gasteiger partial charge in [0.05, 0.1) is 18.8 Å². The molecule has 0 aliphatic carbocycles. The van der Waals surface area contributed by atoms with Crippen molar-refractivity contribution in [3.8, 4) is 0 Å². The van der Waals surface area contributed by atoms with E-state index in [9.17, 15) is 4.79 Å². The zero-order valence-electron chi connectivity index (χ0n) is 13.8. The maximum Gasteiger partial charge on any atom is 0.320 e. The van der Waals surface area contributed by atoms with Crippen LogP contribution < -0.4 is 0 Å². The molecular formula is C15H30N2O3. The van der Waals surface area contributed by atoms with Crippen LogP contribution in [0.1, 0.15) is 27.7 Å². The molecule has 1 saturated heterocycles. The Hall–Kier alpha value is -0.810. The third-order valence-corrected chi connectivity index (χ3v) is 4.53. The van der Waals surface area contributed by atoms with Crippen molar-refractivity contribution in [2.75, 3.05) is 47.1 Å². The van der Waals surface area contributed by atoms with Crippen LogP contribution in [-0.2, 0) is 9.47 Å². The number of carbonyl (C=O) groups is 1. The van der Waals surface area contributed by atoms with Crippen LogP contribution in [0.25, 0.3) is 0 Å². The van der Waals surface area contributed by atoms with Crippen LogP contribution in [0, 0.1) is 11.8 Å². The van der Waals surface area contributed by atoms with E-state index >= 15 is 0 Å². The van der Waals surface area contributed by atoms with Gasteiger partial charge in [0, 0.05) is 33.9 Å². The van der Waals surface area contributed by atoms with E-state index in [1.54, 1.807) is 14.2 Å². The monoisotopic (exact) mass is 286 g/mol. The Morgan fingerprint density at radius 2 is 1.55 bits per heavy atom. The summed E-state index contributed by atoms with van der Waals surface area (Å²) in [6, 6.07) is 0.113. The van der Waals surface area contributed by atoms with E-state index in [2.05, 4.69) is 27.7 Å². The normalized spacial score (nSPS) is 18.7. The molecule has 1 rings (SSSR count).